The van der Waals surface area contributed by atoms with Crippen LogP contribution in [0.25, 0.3) is 0 Å². The molecule has 3 saturated heterocycles. The number of hydrogen-bond donors (Lipinski definition) is 1. The molecule has 1 atom stereocenters. The summed E-state index contributed by atoms with van der Waals surface area (Å²) in [7, 11) is 0. The summed E-state index contributed by atoms with van der Waals surface area (Å²) in [5, 5.41) is 9.55. The van der Waals surface area contributed by atoms with Crippen molar-refractivity contribution < 1.29 is 28.7 Å². The van der Waals surface area contributed by atoms with Crippen LogP contribution in [-0.4, -0.2) is 118 Å². The Kier molecular flexibility index (Phi) is 10.8. The van der Waals surface area contributed by atoms with Gasteiger partial charge in [0.25, 0.3) is 23.6 Å². The molecule has 5 heterocycles. The first kappa shape index (κ1) is 41.2. The summed E-state index contributed by atoms with van der Waals surface area (Å²) in [6, 6.07) is 10.5. The summed E-state index contributed by atoms with van der Waals surface area (Å²) in [5.74, 6) is -0.684. The van der Waals surface area contributed by atoms with Crippen molar-refractivity contribution in [3.8, 4) is 11.8 Å². The number of carbonyl (C=O) groups excluding carboxylic acids is 5. The Balaban J connectivity index is 0.866. The van der Waals surface area contributed by atoms with Crippen LogP contribution in [0.5, 0.6) is 5.75 Å². The Morgan fingerprint density at radius 1 is 0.867 bits per heavy atom. The molecule has 5 amide bonds. The molecule has 60 heavy (non-hydrogen) atoms. The van der Waals surface area contributed by atoms with Gasteiger partial charge in [-0.15, -0.1) is 0 Å². The number of hydrogen-bond acceptors (Lipinski definition) is 12. The van der Waals surface area contributed by atoms with E-state index in [1.165, 1.54) is 11.1 Å². The highest BCUT2D eigenvalue weighted by Gasteiger charge is 2.68. The lowest BCUT2D eigenvalue weighted by Crippen LogP contribution is -2.77. The second-order valence-electron chi connectivity index (χ2n) is 17.8. The van der Waals surface area contributed by atoms with Gasteiger partial charge in [-0.25, -0.2) is 9.97 Å². The number of fused-ring (bicyclic) bond motifs is 1. The number of ether oxygens (including phenoxy) is 1. The second-order valence-corrected chi connectivity index (χ2v) is 18.2. The molecule has 0 spiro atoms. The van der Waals surface area contributed by atoms with Gasteiger partial charge in [-0.2, -0.15) is 5.26 Å². The summed E-state index contributed by atoms with van der Waals surface area (Å²) in [5.41, 5.74) is 5.78. The van der Waals surface area contributed by atoms with E-state index in [1.807, 2.05) is 39.8 Å². The quantitative estimate of drug-likeness (QED) is 0.282. The van der Waals surface area contributed by atoms with Gasteiger partial charge in [0.2, 0.25) is 5.91 Å². The highest BCUT2D eigenvalue weighted by Crippen LogP contribution is 2.58. The van der Waals surface area contributed by atoms with Crippen molar-refractivity contribution in [3.63, 3.8) is 0 Å². The van der Waals surface area contributed by atoms with E-state index in [2.05, 4.69) is 24.7 Å². The molecular weight excluding hydrogens is 786 g/mol. The number of piperidine rings is 2. The molecule has 2 aromatic carbocycles. The SMILES string of the molecule is CC1(C)C(Oc2ccc(C#N)c(Cl)c2)C(C)(C)C1N1C(=O)CCC(N2C(=O)c3ccc(N4CCN(CCC5CCN(c6cnc(C(N)=O)cn6)CC5)CC4)cc3C2=O)C1=O. The standard InChI is InChI=1S/C44H50ClN9O6/c1-43(2)41(44(3,4)42(43)60-29-7-5-27(23-46)32(45)22-29)54-36(55)10-9-34(40(54)59)53-38(57)30-8-6-28(21-31(30)39(53)58)51-19-17-50(18-20-51)14-11-26-12-15-52(16-13-26)35-25-48-33(24-49-35)37(47)56/h5-8,21-22,24-26,34,41-42H,9-20H2,1-4H3,(H2,47,56). The van der Waals surface area contributed by atoms with Crippen molar-refractivity contribution in [2.45, 2.75) is 78.0 Å². The first-order chi connectivity index (χ1) is 28.6. The number of carbonyl (C=O) groups is 5. The van der Waals surface area contributed by atoms with E-state index < -0.39 is 52.6 Å². The lowest BCUT2D eigenvalue weighted by molar-refractivity contribution is -0.216. The average Bonchev–Trinajstić information content (AvgIpc) is 3.48. The molecule has 4 fully saturated rings. The van der Waals surface area contributed by atoms with E-state index in [9.17, 15) is 29.2 Å². The van der Waals surface area contributed by atoms with E-state index in [1.54, 1.807) is 36.5 Å². The molecule has 8 rings (SSSR count). The molecule has 314 valence electrons. The smallest absolute Gasteiger partial charge is 0.268 e. The largest absolute Gasteiger partial charge is 0.489 e. The molecule has 1 saturated carbocycles. The minimum atomic E-state index is -1.11. The van der Waals surface area contributed by atoms with Gasteiger partial charge in [-0.1, -0.05) is 39.3 Å². The first-order valence-electron chi connectivity index (χ1n) is 20.7. The van der Waals surface area contributed by atoms with Gasteiger partial charge in [0.05, 0.1) is 40.1 Å². The van der Waals surface area contributed by atoms with Crippen LogP contribution >= 0.6 is 11.6 Å². The molecular formula is C44H50ClN9O6. The normalized spacial score (nSPS) is 24.3. The van der Waals surface area contributed by atoms with Gasteiger partial charge in [-0.3, -0.25) is 38.7 Å². The molecule has 1 unspecified atom stereocenters. The van der Waals surface area contributed by atoms with Crippen LogP contribution in [0.2, 0.25) is 5.02 Å². The van der Waals surface area contributed by atoms with E-state index in [0.717, 1.165) is 81.5 Å². The summed E-state index contributed by atoms with van der Waals surface area (Å²) >= 11 is 6.28. The van der Waals surface area contributed by atoms with Gasteiger partial charge in [0.1, 0.15) is 35.5 Å². The van der Waals surface area contributed by atoms with E-state index in [0.29, 0.717) is 17.2 Å². The number of benzene rings is 2. The monoisotopic (exact) mass is 835 g/mol. The summed E-state index contributed by atoms with van der Waals surface area (Å²) in [4.78, 5) is 85.0. The fourth-order valence-electron chi connectivity index (χ4n) is 10.6. The molecule has 1 aromatic heterocycles. The molecule has 4 aliphatic heterocycles. The third-order valence-corrected chi connectivity index (χ3v) is 13.7. The van der Waals surface area contributed by atoms with Crippen LogP contribution < -0.4 is 20.3 Å². The number of halogens is 1. The molecule has 0 radical (unpaired) electrons. The van der Waals surface area contributed by atoms with Crippen LogP contribution in [0.4, 0.5) is 11.5 Å². The van der Waals surface area contributed by atoms with Gasteiger partial charge in [0, 0.05) is 68.3 Å². The highest BCUT2D eigenvalue weighted by atomic mass is 35.5. The van der Waals surface area contributed by atoms with Crippen LogP contribution in [0.1, 0.15) is 96.6 Å². The highest BCUT2D eigenvalue weighted by molar-refractivity contribution is 6.31. The predicted octanol–water partition coefficient (Wildman–Crippen LogP) is 4.53. The van der Waals surface area contributed by atoms with E-state index >= 15 is 0 Å². The molecule has 2 N–H and O–H groups in total. The minimum absolute atomic E-state index is 0.0151. The maximum atomic E-state index is 14.4. The van der Waals surface area contributed by atoms with Crippen molar-refractivity contribution in [1.82, 2.24) is 24.7 Å². The predicted molar refractivity (Wildman–Crippen MR) is 223 cm³/mol. The Labute approximate surface area is 354 Å². The number of likely N-dealkylation sites (tertiary alicyclic amines) is 1. The fraction of sp³-hybridized carbons (Fsp3) is 0.500. The number of anilines is 2. The van der Waals surface area contributed by atoms with Crippen molar-refractivity contribution in [1.29, 1.82) is 5.26 Å². The Bertz CT molecular complexity index is 2260. The van der Waals surface area contributed by atoms with Crippen molar-refractivity contribution >= 4 is 52.6 Å². The Hall–Kier alpha value is -5.59. The fourth-order valence-corrected chi connectivity index (χ4v) is 10.8. The number of primary amides is 1. The number of aromatic nitrogens is 2. The summed E-state index contributed by atoms with van der Waals surface area (Å²) in [6.07, 6.45) is 5.91. The summed E-state index contributed by atoms with van der Waals surface area (Å²) in [6.45, 7) is 13.8. The van der Waals surface area contributed by atoms with Gasteiger partial charge < -0.3 is 20.3 Å². The van der Waals surface area contributed by atoms with Gasteiger partial charge in [-0.05, 0) is 68.5 Å². The Morgan fingerprint density at radius 3 is 2.20 bits per heavy atom. The molecule has 0 bridgehead atoms. The number of nitriles is 1. The number of nitrogens with zero attached hydrogens (tertiary/aromatic N) is 8. The van der Waals surface area contributed by atoms with E-state index in [4.69, 9.17) is 22.1 Å². The molecule has 5 aliphatic rings. The minimum Gasteiger partial charge on any atom is -0.489 e. The van der Waals surface area contributed by atoms with Crippen molar-refractivity contribution in [2.75, 3.05) is 55.6 Å². The third kappa shape index (κ3) is 7.23. The molecule has 3 aromatic rings. The number of nitrogens with two attached hydrogens (primary N) is 1. The van der Waals surface area contributed by atoms with Crippen LogP contribution in [0.15, 0.2) is 48.8 Å². The third-order valence-electron chi connectivity index (χ3n) is 13.4. The number of rotatable bonds is 10. The second kappa shape index (κ2) is 15.8. The topological polar surface area (TPSA) is 186 Å². The van der Waals surface area contributed by atoms with Crippen molar-refractivity contribution in [3.05, 3.63) is 76.2 Å². The Morgan fingerprint density at radius 2 is 1.57 bits per heavy atom. The zero-order chi connectivity index (χ0) is 42.7. The van der Waals surface area contributed by atoms with E-state index in [-0.39, 0.29) is 40.6 Å². The lowest BCUT2D eigenvalue weighted by atomic mass is 9.48. The van der Waals surface area contributed by atoms with Crippen molar-refractivity contribution in [2.24, 2.45) is 22.5 Å². The maximum Gasteiger partial charge on any atom is 0.268 e. The zero-order valence-corrected chi connectivity index (χ0v) is 35.2. The molecule has 16 heteroatoms. The van der Waals surface area contributed by atoms with Crippen LogP contribution in [0.3, 0.4) is 0 Å². The van der Waals surface area contributed by atoms with Crippen LogP contribution in [0, 0.1) is 28.1 Å². The lowest BCUT2D eigenvalue weighted by Gasteiger charge is -2.65. The van der Waals surface area contributed by atoms with Gasteiger partial charge >= 0.3 is 0 Å². The molecule has 15 nitrogen and oxygen atoms in total. The summed E-state index contributed by atoms with van der Waals surface area (Å²) < 4.78 is 6.40. The average molecular weight is 836 g/mol. The van der Waals surface area contributed by atoms with Crippen LogP contribution in [-0.2, 0) is 9.59 Å². The number of amides is 5. The zero-order valence-electron chi connectivity index (χ0n) is 34.4. The first-order valence-corrected chi connectivity index (χ1v) is 21.1. The maximum absolute atomic E-state index is 14.4. The molecule has 1 aliphatic carbocycles. The number of imide groups is 2. The van der Waals surface area contributed by atoms with Gasteiger partial charge in [0.15, 0.2) is 0 Å². The number of piperazine rings is 1.